The summed E-state index contributed by atoms with van der Waals surface area (Å²) in [6, 6.07) is 5.12. The highest BCUT2D eigenvalue weighted by molar-refractivity contribution is 7.89. The van der Waals surface area contributed by atoms with Crippen molar-refractivity contribution in [3.63, 3.8) is 0 Å². The summed E-state index contributed by atoms with van der Waals surface area (Å²) in [4.78, 5) is 29.2. The zero-order valence-electron chi connectivity index (χ0n) is 18.8. The van der Waals surface area contributed by atoms with Crippen molar-refractivity contribution in [3.8, 4) is 0 Å². The maximum Gasteiger partial charge on any atom is 0.254 e. The first-order chi connectivity index (χ1) is 15.3. The Morgan fingerprint density at radius 2 is 1.66 bits per heavy atom. The molecule has 1 heterocycles. The number of nitrogens with one attached hydrogen (secondary N) is 2. The number of hydrogen-bond donors (Lipinski definition) is 2. The van der Waals surface area contributed by atoms with Crippen molar-refractivity contribution in [2.75, 3.05) is 32.7 Å². The summed E-state index contributed by atoms with van der Waals surface area (Å²) in [5.74, 6) is -0.106. The normalized spacial score (nSPS) is 20.8. The summed E-state index contributed by atoms with van der Waals surface area (Å²) in [6.45, 7) is 4.49. The molecule has 1 aromatic rings. The summed E-state index contributed by atoms with van der Waals surface area (Å²) in [5, 5.41) is 2.99. The van der Waals surface area contributed by atoms with Gasteiger partial charge in [-0.05, 0) is 50.3 Å². The molecule has 9 heteroatoms. The molecule has 1 aliphatic heterocycles. The standard InChI is InChI=1S/C23H34N4O4S/c1-17-7-10-20(32(30,31)25-19-5-3-2-4-6-19)15-21(17)23(29)27-13-11-26(12-14-27)16-22(28)24-18-8-9-18/h7,10,15,18-19,25H,2-6,8-9,11-14,16H2,1H3,(H,24,28). The first-order valence-electron chi connectivity index (χ1n) is 11.8. The van der Waals surface area contributed by atoms with Crippen LogP contribution in [0.2, 0.25) is 0 Å². The van der Waals surface area contributed by atoms with E-state index >= 15 is 0 Å². The number of nitrogens with zero attached hydrogens (tertiary/aromatic N) is 2. The van der Waals surface area contributed by atoms with Gasteiger partial charge in [-0.3, -0.25) is 14.5 Å². The molecule has 0 atom stereocenters. The molecule has 0 aromatic heterocycles. The SMILES string of the molecule is Cc1ccc(S(=O)(=O)NC2CCCCC2)cc1C(=O)N1CCN(CC(=O)NC2CC2)CC1. The summed E-state index contributed by atoms with van der Waals surface area (Å²) in [7, 11) is -3.66. The lowest BCUT2D eigenvalue weighted by molar-refractivity contribution is -0.122. The van der Waals surface area contributed by atoms with Crippen LogP contribution < -0.4 is 10.0 Å². The highest BCUT2D eigenvalue weighted by Gasteiger charge is 2.28. The number of sulfonamides is 1. The van der Waals surface area contributed by atoms with Crippen molar-refractivity contribution in [2.45, 2.75) is 68.8 Å². The number of rotatable bonds is 7. The molecule has 0 unspecified atom stereocenters. The van der Waals surface area contributed by atoms with Crippen molar-refractivity contribution in [3.05, 3.63) is 29.3 Å². The predicted molar refractivity (Wildman–Crippen MR) is 122 cm³/mol. The molecule has 4 rings (SSSR count). The second-order valence-corrected chi connectivity index (χ2v) is 11.1. The Balaban J connectivity index is 1.37. The minimum Gasteiger partial charge on any atom is -0.352 e. The van der Waals surface area contributed by atoms with Gasteiger partial charge in [0.15, 0.2) is 0 Å². The molecule has 0 spiro atoms. The third kappa shape index (κ3) is 5.88. The lowest BCUT2D eigenvalue weighted by atomic mass is 9.96. The van der Waals surface area contributed by atoms with E-state index in [1.165, 1.54) is 6.07 Å². The Kier molecular flexibility index (Phi) is 7.17. The number of benzene rings is 1. The quantitative estimate of drug-likeness (QED) is 0.642. The van der Waals surface area contributed by atoms with Crippen LogP contribution in [0.15, 0.2) is 23.1 Å². The van der Waals surface area contributed by atoms with Gasteiger partial charge in [-0.25, -0.2) is 13.1 Å². The molecule has 0 radical (unpaired) electrons. The number of carbonyl (C=O) groups excluding carboxylic acids is 2. The van der Waals surface area contributed by atoms with Crippen LogP contribution in [0.4, 0.5) is 0 Å². The van der Waals surface area contributed by atoms with Crippen LogP contribution in [-0.4, -0.2) is 74.8 Å². The second kappa shape index (κ2) is 9.89. The minimum absolute atomic E-state index is 0.0283. The highest BCUT2D eigenvalue weighted by Crippen LogP contribution is 2.22. The Bertz CT molecular complexity index is 947. The van der Waals surface area contributed by atoms with Gasteiger partial charge in [0.1, 0.15) is 0 Å². The van der Waals surface area contributed by atoms with E-state index < -0.39 is 10.0 Å². The molecule has 2 saturated carbocycles. The molecular formula is C23H34N4O4S. The van der Waals surface area contributed by atoms with Crippen molar-refractivity contribution in [1.29, 1.82) is 0 Å². The second-order valence-electron chi connectivity index (χ2n) is 9.34. The minimum atomic E-state index is -3.66. The molecule has 1 aromatic carbocycles. The van der Waals surface area contributed by atoms with Gasteiger partial charge in [-0.2, -0.15) is 0 Å². The Hall–Kier alpha value is -1.97. The maximum absolute atomic E-state index is 13.2. The largest absolute Gasteiger partial charge is 0.352 e. The smallest absolute Gasteiger partial charge is 0.254 e. The van der Waals surface area contributed by atoms with Crippen LogP contribution in [0.1, 0.15) is 60.9 Å². The van der Waals surface area contributed by atoms with Gasteiger partial charge >= 0.3 is 0 Å². The van der Waals surface area contributed by atoms with Gasteiger partial charge in [0.25, 0.3) is 5.91 Å². The molecule has 2 aliphatic carbocycles. The fourth-order valence-corrected chi connectivity index (χ4v) is 5.82. The Morgan fingerprint density at radius 3 is 2.31 bits per heavy atom. The van der Waals surface area contributed by atoms with Crippen LogP contribution in [0.5, 0.6) is 0 Å². The fraction of sp³-hybridized carbons (Fsp3) is 0.652. The molecule has 0 bridgehead atoms. The molecule has 3 fully saturated rings. The number of amides is 2. The van der Waals surface area contributed by atoms with E-state index in [2.05, 4.69) is 14.9 Å². The third-order valence-corrected chi connectivity index (χ3v) is 8.16. The van der Waals surface area contributed by atoms with Crippen LogP contribution in [-0.2, 0) is 14.8 Å². The number of piperazine rings is 1. The Morgan fingerprint density at radius 1 is 0.969 bits per heavy atom. The topological polar surface area (TPSA) is 98.8 Å². The summed E-state index contributed by atoms with van der Waals surface area (Å²) in [5.41, 5.74) is 1.19. The van der Waals surface area contributed by atoms with E-state index in [-0.39, 0.29) is 22.8 Å². The van der Waals surface area contributed by atoms with Gasteiger partial charge in [-0.15, -0.1) is 0 Å². The molecule has 8 nitrogen and oxygen atoms in total. The zero-order chi connectivity index (χ0) is 22.7. The van der Waals surface area contributed by atoms with Crippen molar-refractivity contribution in [2.24, 2.45) is 0 Å². The highest BCUT2D eigenvalue weighted by atomic mass is 32.2. The molecule has 1 saturated heterocycles. The van der Waals surface area contributed by atoms with E-state index in [1.54, 1.807) is 17.0 Å². The molecule has 2 amide bonds. The van der Waals surface area contributed by atoms with Crippen LogP contribution in [0.3, 0.4) is 0 Å². The average molecular weight is 463 g/mol. The van der Waals surface area contributed by atoms with E-state index in [1.807, 2.05) is 6.92 Å². The number of aryl methyl sites for hydroxylation is 1. The van der Waals surface area contributed by atoms with Crippen molar-refractivity contribution < 1.29 is 18.0 Å². The molecule has 3 aliphatic rings. The van der Waals surface area contributed by atoms with Crippen LogP contribution >= 0.6 is 0 Å². The third-order valence-electron chi connectivity index (χ3n) is 6.65. The Labute approximate surface area is 190 Å². The van der Waals surface area contributed by atoms with Crippen LogP contribution in [0.25, 0.3) is 0 Å². The van der Waals surface area contributed by atoms with E-state index in [0.29, 0.717) is 44.3 Å². The molecular weight excluding hydrogens is 428 g/mol. The maximum atomic E-state index is 13.2. The van der Waals surface area contributed by atoms with Gasteiger partial charge in [0.2, 0.25) is 15.9 Å². The van der Waals surface area contributed by atoms with E-state index in [9.17, 15) is 18.0 Å². The van der Waals surface area contributed by atoms with Gasteiger partial charge < -0.3 is 10.2 Å². The molecule has 176 valence electrons. The lowest BCUT2D eigenvalue weighted by Crippen LogP contribution is -2.51. The first-order valence-corrected chi connectivity index (χ1v) is 13.2. The first kappa shape index (κ1) is 23.2. The van der Waals surface area contributed by atoms with Gasteiger partial charge in [0, 0.05) is 43.8 Å². The summed E-state index contributed by atoms with van der Waals surface area (Å²) in [6.07, 6.45) is 7.09. The number of hydrogen-bond acceptors (Lipinski definition) is 5. The van der Waals surface area contributed by atoms with Gasteiger partial charge in [-0.1, -0.05) is 25.3 Å². The predicted octanol–water partition coefficient (Wildman–Crippen LogP) is 1.64. The summed E-state index contributed by atoms with van der Waals surface area (Å²) >= 11 is 0. The number of carbonyl (C=O) groups is 2. The summed E-state index contributed by atoms with van der Waals surface area (Å²) < 4.78 is 28.6. The monoisotopic (exact) mass is 462 g/mol. The van der Waals surface area contributed by atoms with Crippen molar-refractivity contribution >= 4 is 21.8 Å². The van der Waals surface area contributed by atoms with Gasteiger partial charge in [0.05, 0.1) is 11.4 Å². The molecule has 32 heavy (non-hydrogen) atoms. The average Bonchev–Trinajstić information content (AvgIpc) is 3.58. The molecule has 2 N–H and O–H groups in total. The fourth-order valence-electron chi connectivity index (χ4n) is 4.49. The van der Waals surface area contributed by atoms with Crippen molar-refractivity contribution in [1.82, 2.24) is 19.8 Å². The van der Waals surface area contributed by atoms with E-state index in [0.717, 1.165) is 50.5 Å². The zero-order valence-corrected chi connectivity index (χ0v) is 19.6. The van der Waals surface area contributed by atoms with E-state index in [4.69, 9.17) is 0 Å². The van der Waals surface area contributed by atoms with Crippen LogP contribution in [0, 0.1) is 6.92 Å². The lowest BCUT2D eigenvalue weighted by Gasteiger charge is -2.34.